The number of carboxylic acid groups (broad SMARTS) is 1. The van der Waals surface area contributed by atoms with Gasteiger partial charge in [-0.3, -0.25) is 0 Å². The summed E-state index contributed by atoms with van der Waals surface area (Å²) in [6.45, 7) is 15.1. The lowest BCUT2D eigenvalue weighted by Gasteiger charge is -2.29. The fourth-order valence-electron chi connectivity index (χ4n) is 5.48. The van der Waals surface area contributed by atoms with Crippen molar-refractivity contribution in [1.82, 2.24) is 0 Å². The van der Waals surface area contributed by atoms with Gasteiger partial charge in [-0.25, -0.2) is 4.79 Å². The van der Waals surface area contributed by atoms with E-state index in [9.17, 15) is 15.0 Å². The molecule has 4 atom stereocenters. The van der Waals surface area contributed by atoms with Crippen LogP contribution in [0.3, 0.4) is 0 Å². The Morgan fingerprint density at radius 1 is 1.05 bits per heavy atom. The van der Waals surface area contributed by atoms with Crippen LogP contribution in [0.15, 0.2) is 46.3 Å². The molecule has 0 aromatic heterocycles. The van der Waals surface area contributed by atoms with Gasteiger partial charge in [-0.1, -0.05) is 83.4 Å². The van der Waals surface area contributed by atoms with E-state index in [1.165, 1.54) is 43.3 Å². The van der Waals surface area contributed by atoms with Gasteiger partial charge in [0.15, 0.2) is 0 Å². The number of carbonyl (C=O) groups is 1. The molecule has 0 saturated carbocycles. The summed E-state index contributed by atoms with van der Waals surface area (Å²) < 4.78 is 6.32. The Morgan fingerprint density at radius 2 is 1.71 bits per heavy atom. The number of ether oxygens (including phenoxy) is 1. The van der Waals surface area contributed by atoms with Crippen LogP contribution >= 0.6 is 0 Å². The quantitative estimate of drug-likeness (QED) is 0.0681. The van der Waals surface area contributed by atoms with E-state index in [0.29, 0.717) is 17.9 Å². The maximum Gasteiger partial charge on any atom is 0.330 e. The van der Waals surface area contributed by atoms with Crippen LogP contribution in [0.1, 0.15) is 145 Å². The average Bonchev–Trinajstić information content (AvgIpc) is 2.90. The zero-order valence-electron chi connectivity index (χ0n) is 27.4. The van der Waals surface area contributed by atoms with Gasteiger partial charge in [0.1, 0.15) is 5.76 Å². The van der Waals surface area contributed by atoms with Gasteiger partial charge in [0, 0.05) is 11.5 Å². The molecule has 3 N–H and O–H groups in total. The van der Waals surface area contributed by atoms with E-state index >= 15 is 0 Å². The van der Waals surface area contributed by atoms with Crippen molar-refractivity contribution in [2.75, 3.05) is 6.61 Å². The number of aliphatic hydroxyl groups excluding tert-OH is 1. The van der Waals surface area contributed by atoms with Crippen molar-refractivity contribution in [1.29, 1.82) is 0 Å². The molecule has 4 unspecified atom stereocenters. The van der Waals surface area contributed by atoms with Gasteiger partial charge in [0.2, 0.25) is 0 Å². The Morgan fingerprint density at radius 3 is 2.39 bits per heavy atom. The Hall–Kier alpha value is -1.85. The van der Waals surface area contributed by atoms with Crippen molar-refractivity contribution < 1.29 is 24.9 Å². The number of aliphatic hydroxyl groups is 2. The summed E-state index contributed by atoms with van der Waals surface area (Å²) in [7, 11) is 0. The van der Waals surface area contributed by atoms with Gasteiger partial charge in [0.05, 0.1) is 18.3 Å². The Bertz CT molecular complexity index is 892. The minimum atomic E-state index is -0.870. The van der Waals surface area contributed by atoms with E-state index in [-0.39, 0.29) is 5.92 Å². The summed E-state index contributed by atoms with van der Waals surface area (Å²) in [5, 5.41) is 30.4. The summed E-state index contributed by atoms with van der Waals surface area (Å²) in [5.41, 5.74) is 3.28. The lowest BCUT2D eigenvalue weighted by Crippen LogP contribution is -2.24. The maximum absolute atomic E-state index is 10.9. The molecule has 0 heterocycles. The zero-order valence-corrected chi connectivity index (χ0v) is 27.4. The molecule has 1 aliphatic carbocycles. The summed E-state index contributed by atoms with van der Waals surface area (Å²) in [6.07, 6.45) is 20.9. The van der Waals surface area contributed by atoms with E-state index < -0.39 is 17.7 Å². The molecule has 0 aliphatic heterocycles. The van der Waals surface area contributed by atoms with Gasteiger partial charge < -0.3 is 20.1 Å². The van der Waals surface area contributed by atoms with Crippen molar-refractivity contribution in [3.8, 4) is 0 Å². The zero-order chi connectivity index (χ0) is 30.8. The van der Waals surface area contributed by atoms with E-state index in [1.54, 1.807) is 13.0 Å². The maximum atomic E-state index is 10.9. The summed E-state index contributed by atoms with van der Waals surface area (Å²) in [5.74, 6) is 0.778. The molecule has 0 aromatic carbocycles. The monoisotopic (exact) mass is 574 g/mol. The van der Waals surface area contributed by atoms with Crippen LogP contribution in [0.2, 0.25) is 0 Å². The molecule has 236 valence electrons. The number of rotatable bonds is 22. The molecule has 0 amide bonds. The molecule has 0 radical (unpaired) electrons. The first-order valence-electron chi connectivity index (χ1n) is 16.4. The number of hydrogen-bond donors (Lipinski definition) is 3. The third kappa shape index (κ3) is 15.8. The fraction of sp³-hybridized carbons (Fsp3) is 0.750. The van der Waals surface area contributed by atoms with Crippen molar-refractivity contribution in [2.24, 2.45) is 11.8 Å². The molecule has 1 aliphatic rings. The largest absolute Gasteiger partial charge is 0.493 e. The normalized spacial score (nSPS) is 20.6. The van der Waals surface area contributed by atoms with Crippen LogP contribution in [0, 0.1) is 11.8 Å². The van der Waals surface area contributed by atoms with Crippen molar-refractivity contribution in [2.45, 2.75) is 156 Å². The lowest BCUT2D eigenvalue weighted by molar-refractivity contribution is -0.132. The van der Waals surface area contributed by atoms with Crippen LogP contribution in [-0.4, -0.2) is 39.6 Å². The third-order valence-corrected chi connectivity index (χ3v) is 8.79. The SMILES string of the molecule is CCCCCCCCOC1=C(C)C(C)C(O)C=C1CCC(C)CCCC(C)(O)CCCC(C)=CCC=C(C)C(=O)O. The second-order valence-electron chi connectivity index (χ2n) is 13.0. The lowest BCUT2D eigenvalue weighted by atomic mass is 9.84. The molecule has 0 bridgehead atoms. The molecule has 5 heteroatoms. The van der Waals surface area contributed by atoms with Crippen LogP contribution in [-0.2, 0) is 9.53 Å². The highest BCUT2D eigenvalue weighted by Gasteiger charge is 2.26. The molecule has 0 saturated heterocycles. The van der Waals surface area contributed by atoms with Crippen LogP contribution in [0.25, 0.3) is 0 Å². The Balaban J connectivity index is 2.43. The van der Waals surface area contributed by atoms with Gasteiger partial charge in [-0.2, -0.15) is 0 Å². The molecular formula is C36H62O5. The van der Waals surface area contributed by atoms with Gasteiger partial charge >= 0.3 is 5.97 Å². The minimum absolute atomic E-state index is 0.0928. The fourth-order valence-corrected chi connectivity index (χ4v) is 5.48. The first-order chi connectivity index (χ1) is 19.4. The topological polar surface area (TPSA) is 87.0 Å². The van der Waals surface area contributed by atoms with Crippen LogP contribution in [0.4, 0.5) is 0 Å². The smallest absolute Gasteiger partial charge is 0.330 e. The summed E-state index contributed by atoms with van der Waals surface area (Å²) >= 11 is 0. The van der Waals surface area contributed by atoms with Gasteiger partial charge in [-0.05, 0) is 102 Å². The standard InChI is InChI=1S/C36H62O5/c1-8-9-10-11-12-13-25-41-34-31(6)30(5)33(37)26-32(34)22-21-28(3)19-16-24-36(7,40)23-15-18-27(2)17-14-20-29(4)35(38)39/h17,20,26,28,30,33,37,40H,8-16,18-19,21-25H2,1-7H3,(H,38,39). The van der Waals surface area contributed by atoms with E-state index in [0.717, 1.165) is 75.7 Å². The number of carboxylic acids is 1. The van der Waals surface area contributed by atoms with E-state index in [1.807, 2.05) is 13.0 Å². The predicted molar refractivity (Wildman–Crippen MR) is 172 cm³/mol. The molecule has 0 spiro atoms. The molecule has 0 aromatic rings. The first kappa shape index (κ1) is 37.2. The van der Waals surface area contributed by atoms with E-state index in [2.05, 4.69) is 40.7 Å². The highest BCUT2D eigenvalue weighted by Crippen LogP contribution is 2.34. The van der Waals surface area contributed by atoms with Crippen LogP contribution in [0.5, 0.6) is 0 Å². The summed E-state index contributed by atoms with van der Waals surface area (Å²) in [6, 6.07) is 0. The van der Waals surface area contributed by atoms with Crippen molar-refractivity contribution in [3.05, 3.63) is 46.3 Å². The Kier molecular flexibility index (Phi) is 18.2. The van der Waals surface area contributed by atoms with Gasteiger partial charge in [-0.15, -0.1) is 0 Å². The summed E-state index contributed by atoms with van der Waals surface area (Å²) in [4.78, 5) is 10.9. The minimum Gasteiger partial charge on any atom is -0.493 e. The highest BCUT2D eigenvalue weighted by molar-refractivity contribution is 5.85. The van der Waals surface area contributed by atoms with Crippen LogP contribution < -0.4 is 0 Å². The number of unbranched alkanes of at least 4 members (excludes halogenated alkanes) is 5. The predicted octanol–water partition coefficient (Wildman–Crippen LogP) is 9.45. The molecule has 1 rings (SSSR count). The van der Waals surface area contributed by atoms with E-state index in [4.69, 9.17) is 9.84 Å². The number of aliphatic carboxylic acids is 1. The molecular weight excluding hydrogens is 512 g/mol. The van der Waals surface area contributed by atoms with Gasteiger partial charge in [0.25, 0.3) is 0 Å². The Labute approximate surface area is 251 Å². The average molecular weight is 575 g/mol. The highest BCUT2D eigenvalue weighted by atomic mass is 16.5. The molecule has 41 heavy (non-hydrogen) atoms. The molecule has 0 fully saturated rings. The number of hydrogen-bond acceptors (Lipinski definition) is 4. The second-order valence-corrected chi connectivity index (χ2v) is 13.0. The second kappa shape index (κ2) is 20.1. The first-order valence-corrected chi connectivity index (χ1v) is 16.4. The third-order valence-electron chi connectivity index (χ3n) is 8.79. The number of allylic oxidation sites excluding steroid dienone is 4. The van der Waals surface area contributed by atoms with Crippen molar-refractivity contribution in [3.63, 3.8) is 0 Å². The molecule has 5 nitrogen and oxygen atoms in total. The van der Waals surface area contributed by atoms with Crippen molar-refractivity contribution >= 4 is 5.97 Å².